The second-order valence-electron chi connectivity index (χ2n) is 2.82. The molecule has 0 unspecified atom stereocenters. The highest BCUT2D eigenvalue weighted by Gasteiger charge is 2.10. The number of aliphatic hydroxyl groups is 1. The number of carboxylic acid groups (broad SMARTS) is 1. The maximum atomic E-state index is 9.47. The topological polar surface area (TPSA) is 83.5 Å². The average molecular weight is 197 g/mol. The molecule has 0 saturated heterocycles. The van der Waals surface area contributed by atoms with Crippen LogP contribution in [0, 0.1) is 0 Å². The zero-order valence-corrected chi connectivity index (χ0v) is 8.00. The predicted molar refractivity (Wildman–Crippen MR) is 53.7 cm³/mol. The van der Waals surface area contributed by atoms with E-state index in [0.717, 1.165) is 5.56 Å². The van der Waals surface area contributed by atoms with Crippen LogP contribution >= 0.6 is 0 Å². The zero-order valence-electron chi connectivity index (χ0n) is 8.00. The Morgan fingerprint density at radius 2 is 1.79 bits per heavy atom. The van der Waals surface area contributed by atoms with Gasteiger partial charge in [0.05, 0.1) is 6.10 Å². The number of carbonyl (C=O) groups is 1. The third-order valence-electron chi connectivity index (χ3n) is 1.64. The van der Waals surface area contributed by atoms with Crippen molar-refractivity contribution >= 4 is 6.47 Å². The van der Waals surface area contributed by atoms with Gasteiger partial charge in [0.25, 0.3) is 6.47 Å². The number of rotatable bonds is 2. The maximum Gasteiger partial charge on any atom is 0.290 e. The summed E-state index contributed by atoms with van der Waals surface area (Å²) in [6.07, 6.45) is -0.545. The van der Waals surface area contributed by atoms with E-state index in [-0.39, 0.29) is 12.5 Å². The Bertz CT molecular complexity index is 249. The van der Waals surface area contributed by atoms with Crippen LogP contribution in [0.2, 0.25) is 0 Å². The van der Waals surface area contributed by atoms with E-state index >= 15 is 0 Å². The molecule has 0 aliphatic rings. The molecule has 4 heteroatoms. The summed E-state index contributed by atoms with van der Waals surface area (Å²) in [5.74, 6) is 0. The first-order valence-electron chi connectivity index (χ1n) is 4.20. The maximum absolute atomic E-state index is 9.47. The van der Waals surface area contributed by atoms with Gasteiger partial charge in [-0.25, -0.2) is 0 Å². The lowest BCUT2D eigenvalue weighted by Gasteiger charge is -2.13. The highest BCUT2D eigenvalue weighted by Crippen LogP contribution is 2.13. The van der Waals surface area contributed by atoms with Gasteiger partial charge in [-0.05, 0) is 12.5 Å². The second-order valence-corrected chi connectivity index (χ2v) is 2.82. The molecule has 0 aliphatic carbocycles. The molecule has 0 bridgehead atoms. The highest BCUT2D eigenvalue weighted by atomic mass is 16.3. The van der Waals surface area contributed by atoms with Crippen molar-refractivity contribution < 1.29 is 15.0 Å². The first-order chi connectivity index (χ1) is 6.63. The Morgan fingerprint density at radius 1 is 1.36 bits per heavy atom. The quantitative estimate of drug-likeness (QED) is 0.611. The minimum absolute atomic E-state index is 0.211. The van der Waals surface area contributed by atoms with Gasteiger partial charge in [0.2, 0.25) is 0 Å². The van der Waals surface area contributed by atoms with Crippen molar-refractivity contribution in [1.82, 2.24) is 0 Å². The molecule has 78 valence electrons. The number of nitrogens with two attached hydrogens (primary N) is 1. The Balaban J connectivity index is 0.000000500. The van der Waals surface area contributed by atoms with Gasteiger partial charge in [0.1, 0.15) is 0 Å². The fourth-order valence-corrected chi connectivity index (χ4v) is 0.954. The fraction of sp³-hybridized carbons (Fsp3) is 0.300. The normalized spacial score (nSPS) is 13.4. The molecule has 1 rings (SSSR count). The Kier molecular flexibility index (Phi) is 6.36. The molecule has 4 N–H and O–H groups in total. The first kappa shape index (κ1) is 12.6. The minimum atomic E-state index is -0.545. The van der Waals surface area contributed by atoms with Gasteiger partial charge in [0, 0.05) is 6.04 Å². The molecule has 14 heavy (non-hydrogen) atoms. The number of hydrogen-bond acceptors (Lipinski definition) is 3. The van der Waals surface area contributed by atoms with Crippen LogP contribution in [-0.2, 0) is 4.79 Å². The molecular weight excluding hydrogens is 182 g/mol. The van der Waals surface area contributed by atoms with Gasteiger partial charge < -0.3 is 15.9 Å². The van der Waals surface area contributed by atoms with Crippen LogP contribution < -0.4 is 5.73 Å². The van der Waals surface area contributed by atoms with Crippen molar-refractivity contribution in [3.63, 3.8) is 0 Å². The number of benzene rings is 1. The van der Waals surface area contributed by atoms with E-state index in [4.69, 9.17) is 15.6 Å². The van der Waals surface area contributed by atoms with Crippen LogP contribution in [0.3, 0.4) is 0 Å². The molecule has 0 aliphatic heterocycles. The van der Waals surface area contributed by atoms with Crippen molar-refractivity contribution in [1.29, 1.82) is 0 Å². The smallest absolute Gasteiger partial charge is 0.290 e. The molecule has 0 spiro atoms. The van der Waals surface area contributed by atoms with E-state index < -0.39 is 6.10 Å². The van der Waals surface area contributed by atoms with Crippen LogP contribution in [0.1, 0.15) is 18.6 Å². The summed E-state index contributed by atoms with van der Waals surface area (Å²) < 4.78 is 0. The van der Waals surface area contributed by atoms with Gasteiger partial charge in [-0.3, -0.25) is 4.79 Å². The van der Waals surface area contributed by atoms with Gasteiger partial charge in [-0.2, -0.15) is 0 Å². The van der Waals surface area contributed by atoms with Crippen LogP contribution in [-0.4, -0.2) is 22.7 Å². The first-order valence-corrected chi connectivity index (χ1v) is 4.20. The lowest BCUT2D eigenvalue weighted by Crippen LogP contribution is -2.24. The fourth-order valence-electron chi connectivity index (χ4n) is 0.954. The van der Waals surface area contributed by atoms with Gasteiger partial charge in [-0.1, -0.05) is 30.3 Å². The van der Waals surface area contributed by atoms with E-state index in [0.29, 0.717) is 0 Å². The predicted octanol–water partition coefficient (Wildman–Crippen LogP) is 0.768. The molecule has 0 heterocycles. The summed E-state index contributed by atoms with van der Waals surface area (Å²) in [4.78, 5) is 8.36. The van der Waals surface area contributed by atoms with Crippen LogP contribution in [0.15, 0.2) is 30.3 Å². The monoisotopic (exact) mass is 197 g/mol. The molecule has 4 nitrogen and oxygen atoms in total. The van der Waals surface area contributed by atoms with Crippen molar-refractivity contribution in [2.45, 2.75) is 19.1 Å². The van der Waals surface area contributed by atoms with Crippen molar-refractivity contribution in [2.24, 2.45) is 5.73 Å². The Morgan fingerprint density at radius 3 is 2.14 bits per heavy atom. The van der Waals surface area contributed by atoms with Crippen molar-refractivity contribution in [3.8, 4) is 0 Å². The highest BCUT2D eigenvalue weighted by molar-refractivity contribution is 5.32. The summed E-state index contributed by atoms with van der Waals surface area (Å²) >= 11 is 0. The summed E-state index contributed by atoms with van der Waals surface area (Å²) in [5.41, 5.74) is 6.40. The number of hydrogen-bond donors (Lipinski definition) is 3. The molecule has 2 atom stereocenters. The second kappa shape index (κ2) is 7.06. The van der Waals surface area contributed by atoms with Gasteiger partial charge in [0.15, 0.2) is 0 Å². The third kappa shape index (κ3) is 4.59. The molecular formula is C10H15NO3. The Hall–Kier alpha value is -1.39. The molecule has 0 radical (unpaired) electrons. The lowest BCUT2D eigenvalue weighted by molar-refractivity contribution is -0.122. The largest absolute Gasteiger partial charge is 0.483 e. The molecule has 1 aromatic carbocycles. The SMILES string of the molecule is C[C@@H](N)[C@@H](O)c1ccccc1.O=CO. The molecule has 0 saturated carbocycles. The van der Waals surface area contributed by atoms with Crippen molar-refractivity contribution in [3.05, 3.63) is 35.9 Å². The number of aliphatic hydroxyl groups excluding tert-OH is 1. The van der Waals surface area contributed by atoms with Crippen LogP contribution in [0.5, 0.6) is 0 Å². The van der Waals surface area contributed by atoms with Crippen LogP contribution in [0.25, 0.3) is 0 Å². The van der Waals surface area contributed by atoms with E-state index in [1.807, 2.05) is 30.3 Å². The minimum Gasteiger partial charge on any atom is -0.483 e. The van der Waals surface area contributed by atoms with Gasteiger partial charge in [-0.15, -0.1) is 0 Å². The van der Waals surface area contributed by atoms with Crippen LogP contribution in [0.4, 0.5) is 0 Å². The van der Waals surface area contributed by atoms with E-state index in [9.17, 15) is 5.11 Å². The zero-order chi connectivity index (χ0) is 11.0. The van der Waals surface area contributed by atoms with E-state index in [2.05, 4.69) is 0 Å². The van der Waals surface area contributed by atoms with E-state index in [1.165, 1.54) is 0 Å². The standard InChI is InChI=1S/C9H13NO.CH2O2/c1-7(10)9(11)8-5-3-2-4-6-8;2-1-3/h2-7,9,11H,10H2,1H3;1H,(H,2,3)/t7-,9-;/m1./s1. The van der Waals surface area contributed by atoms with Gasteiger partial charge >= 0.3 is 0 Å². The summed E-state index contributed by atoms with van der Waals surface area (Å²) in [6.45, 7) is 1.54. The molecule has 0 fully saturated rings. The summed E-state index contributed by atoms with van der Waals surface area (Å²) in [7, 11) is 0. The summed E-state index contributed by atoms with van der Waals surface area (Å²) in [6, 6.07) is 9.22. The molecule has 0 aromatic heterocycles. The Labute approximate surface area is 83.0 Å². The lowest BCUT2D eigenvalue weighted by atomic mass is 10.0. The average Bonchev–Trinajstić information content (AvgIpc) is 2.19. The molecule has 1 aromatic rings. The third-order valence-corrected chi connectivity index (χ3v) is 1.64. The summed E-state index contributed by atoms with van der Waals surface area (Å²) in [5, 5.41) is 16.4. The molecule has 0 amide bonds. The van der Waals surface area contributed by atoms with Crippen molar-refractivity contribution in [2.75, 3.05) is 0 Å². The van der Waals surface area contributed by atoms with E-state index in [1.54, 1.807) is 6.92 Å².